The predicted octanol–water partition coefficient (Wildman–Crippen LogP) is 3.22. The zero-order valence-electron chi connectivity index (χ0n) is 14.2. The van der Waals surface area contributed by atoms with Crippen LogP contribution in [0.25, 0.3) is 11.4 Å². The van der Waals surface area contributed by atoms with Crippen molar-refractivity contribution < 1.29 is 9.84 Å². The largest absolute Gasteiger partial charge is 0.508 e. The molecule has 6 heteroatoms. The minimum absolute atomic E-state index is 0.279. The Morgan fingerprint density at radius 2 is 1.84 bits per heavy atom. The van der Waals surface area contributed by atoms with Crippen LogP contribution in [0.2, 0.25) is 0 Å². The summed E-state index contributed by atoms with van der Waals surface area (Å²) in [5, 5.41) is 12.7. The van der Waals surface area contributed by atoms with Crippen LogP contribution in [0.1, 0.15) is 11.1 Å². The molecule has 25 heavy (non-hydrogen) atoms. The van der Waals surface area contributed by atoms with Crippen molar-refractivity contribution in [3.8, 4) is 23.0 Å². The normalized spacial score (nSPS) is 10.5. The minimum atomic E-state index is 0.279. The summed E-state index contributed by atoms with van der Waals surface area (Å²) in [7, 11) is 1.58. The van der Waals surface area contributed by atoms with Crippen LogP contribution in [-0.2, 0) is 6.42 Å². The molecule has 0 atom stereocenters. The van der Waals surface area contributed by atoms with E-state index in [4.69, 9.17) is 4.74 Å². The lowest BCUT2D eigenvalue weighted by atomic mass is 10.1. The third-order valence-electron chi connectivity index (χ3n) is 3.82. The highest BCUT2D eigenvalue weighted by Crippen LogP contribution is 2.20. The second kappa shape index (κ2) is 7.61. The topological polar surface area (TPSA) is 80.2 Å². The van der Waals surface area contributed by atoms with Crippen molar-refractivity contribution in [1.29, 1.82) is 0 Å². The van der Waals surface area contributed by atoms with Gasteiger partial charge in [-0.2, -0.15) is 0 Å². The Morgan fingerprint density at radius 3 is 2.52 bits per heavy atom. The molecular formula is C19H20N4O2. The first-order valence-corrected chi connectivity index (χ1v) is 8.01. The van der Waals surface area contributed by atoms with E-state index in [0.717, 1.165) is 35.5 Å². The average molecular weight is 336 g/mol. The fourth-order valence-corrected chi connectivity index (χ4v) is 2.38. The van der Waals surface area contributed by atoms with Gasteiger partial charge in [0.05, 0.1) is 7.11 Å². The molecule has 2 N–H and O–H groups in total. The van der Waals surface area contributed by atoms with Gasteiger partial charge in [0.15, 0.2) is 5.82 Å². The molecule has 128 valence electrons. The fraction of sp³-hybridized carbons (Fsp3) is 0.211. The maximum Gasteiger partial charge on any atom is 0.212 e. The molecule has 3 aromatic rings. The van der Waals surface area contributed by atoms with Gasteiger partial charge in [0.1, 0.15) is 11.6 Å². The number of hydrogen-bond donors (Lipinski definition) is 2. The lowest BCUT2D eigenvalue weighted by Crippen LogP contribution is -2.08. The van der Waals surface area contributed by atoms with Gasteiger partial charge in [0.25, 0.3) is 0 Å². The van der Waals surface area contributed by atoms with Gasteiger partial charge in [0.2, 0.25) is 5.88 Å². The van der Waals surface area contributed by atoms with E-state index in [0.29, 0.717) is 11.7 Å². The highest BCUT2D eigenvalue weighted by atomic mass is 16.5. The van der Waals surface area contributed by atoms with E-state index in [2.05, 4.69) is 20.3 Å². The number of nitrogens with zero attached hydrogens (tertiary/aromatic N) is 3. The SMILES string of the molecule is COc1ccc(-c2ncc(C)c(NCCc3ccc(O)cc3)n2)cn1. The number of phenols is 1. The summed E-state index contributed by atoms with van der Waals surface area (Å²) in [6.07, 6.45) is 4.34. The number of ether oxygens (including phenoxy) is 1. The number of aryl methyl sites for hydroxylation is 1. The van der Waals surface area contributed by atoms with Gasteiger partial charge in [-0.05, 0) is 37.1 Å². The summed E-state index contributed by atoms with van der Waals surface area (Å²) in [6, 6.07) is 10.9. The van der Waals surface area contributed by atoms with Gasteiger partial charge in [0, 0.05) is 36.1 Å². The smallest absolute Gasteiger partial charge is 0.212 e. The minimum Gasteiger partial charge on any atom is -0.508 e. The van der Waals surface area contributed by atoms with E-state index >= 15 is 0 Å². The summed E-state index contributed by atoms with van der Waals surface area (Å²) >= 11 is 0. The number of nitrogens with one attached hydrogen (secondary N) is 1. The number of pyridine rings is 1. The average Bonchev–Trinajstić information content (AvgIpc) is 2.65. The highest BCUT2D eigenvalue weighted by Gasteiger charge is 2.07. The van der Waals surface area contributed by atoms with Crippen molar-refractivity contribution in [3.63, 3.8) is 0 Å². The zero-order chi connectivity index (χ0) is 17.6. The van der Waals surface area contributed by atoms with Crippen LogP contribution in [0.3, 0.4) is 0 Å². The van der Waals surface area contributed by atoms with Crippen LogP contribution in [-0.4, -0.2) is 33.7 Å². The monoisotopic (exact) mass is 336 g/mol. The molecule has 0 amide bonds. The Kier molecular flexibility index (Phi) is 5.09. The number of anilines is 1. The molecule has 6 nitrogen and oxygen atoms in total. The molecule has 0 bridgehead atoms. The number of hydrogen-bond acceptors (Lipinski definition) is 6. The third kappa shape index (κ3) is 4.23. The Labute approximate surface area is 146 Å². The van der Waals surface area contributed by atoms with Crippen LogP contribution >= 0.6 is 0 Å². The highest BCUT2D eigenvalue weighted by molar-refractivity contribution is 5.57. The molecule has 0 fully saturated rings. The Hall–Kier alpha value is -3.15. The first-order valence-electron chi connectivity index (χ1n) is 8.01. The predicted molar refractivity (Wildman–Crippen MR) is 96.9 cm³/mol. The molecule has 0 saturated carbocycles. The summed E-state index contributed by atoms with van der Waals surface area (Å²) < 4.78 is 5.07. The molecular weight excluding hydrogens is 316 g/mol. The quantitative estimate of drug-likeness (QED) is 0.719. The maximum absolute atomic E-state index is 9.32. The van der Waals surface area contributed by atoms with E-state index in [1.807, 2.05) is 25.1 Å². The molecule has 0 saturated heterocycles. The Bertz CT molecular complexity index is 833. The number of aromatic hydroxyl groups is 1. The molecule has 0 spiro atoms. The number of benzene rings is 1. The molecule has 0 unspecified atom stereocenters. The van der Waals surface area contributed by atoms with Crippen LogP contribution in [0, 0.1) is 6.92 Å². The molecule has 2 heterocycles. The summed E-state index contributed by atoms with van der Waals surface area (Å²) in [5.74, 6) is 2.26. The number of rotatable bonds is 6. The molecule has 1 aromatic carbocycles. The van der Waals surface area contributed by atoms with Crippen molar-refractivity contribution >= 4 is 5.82 Å². The van der Waals surface area contributed by atoms with Gasteiger partial charge < -0.3 is 15.2 Å². The van der Waals surface area contributed by atoms with Gasteiger partial charge in [-0.3, -0.25) is 0 Å². The maximum atomic E-state index is 9.32. The fourth-order valence-electron chi connectivity index (χ4n) is 2.38. The number of methoxy groups -OCH3 is 1. The number of aromatic nitrogens is 3. The summed E-state index contributed by atoms with van der Waals surface area (Å²) in [4.78, 5) is 13.2. The van der Waals surface area contributed by atoms with E-state index in [-0.39, 0.29) is 5.75 Å². The van der Waals surface area contributed by atoms with Gasteiger partial charge in [-0.25, -0.2) is 15.0 Å². The lowest BCUT2D eigenvalue weighted by Gasteiger charge is -2.10. The van der Waals surface area contributed by atoms with Crippen molar-refractivity contribution in [2.24, 2.45) is 0 Å². The second-order valence-electron chi connectivity index (χ2n) is 5.66. The van der Waals surface area contributed by atoms with Crippen LogP contribution < -0.4 is 10.1 Å². The van der Waals surface area contributed by atoms with Crippen LogP contribution in [0.5, 0.6) is 11.6 Å². The number of phenolic OH excluding ortho intramolecular Hbond substituents is 1. The summed E-state index contributed by atoms with van der Waals surface area (Å²) in [6.45, 7) is 2.71. The van der Waals surface area contributed by atoms with Crippen molar-refractivity contribution in [3.05, 3.63) is 59.9 Å². The Morgan fingerprint density at radius 1 is 1.04 bits per heavy atom. The van der Waals surface area contributed by atoms with Gasteiger partial charge in [-0.15, -0.1) is 0 Å². The standard InChI is InChI=1S/C19H20N4O2/c1-13-11-22-19(15-5-8-17(25-2)21-12-15)23-18(13)20-10-9-14-3-6-16(24)7-4-14/h3-8,11-12,24H,9-10H2,1-2H3,(H,20,22,23). The molecule has 0 aliphatic rings. The van der Waals surface area contributed by atoms with Gasteiger partial charge >= 0.3 is 0 Å². The summed E-state index contributed by atoms with van der Waals surface area (Å²) in [5.41, 5.74) is 2.97. The molecule has 2 aromatic heterocycles. The first-order chi connectivity index (χ1) is 12.2. The van der Waals surface area contributed by atoms with Crippen LogP contribution in [0.15, 0.2) is 48.8 Å². The van der Waals surface area contributed by atoms with E-state index in [1.165, 1.54) is 0 Å². The molecule has 3 rings (SSSR count). The molecule has 0 aliphatic heterocycles. The zero-order valence-corrected chi connectivity index (χ0v) is 14.2. The van der Waals surface area contributed by atoms with Crippen LogP contribution in [0.4, 0.5) is 5.82 Å². The molecule has 0 aliphatic carbocycles. The van der Waals surface area contributed by atoms with E-state index < -0.39 is 0 Å². The van der Waals surface area contributed by atoms with E-state index in [9.17, 15) is 5.11 Å². The van der Waals surface area contributed by atoms with Crippen molar-refractivity contribution in [1.82, 2.24) is 15.0 Å². The second-order valence-corrected chi connectivity index (χ2v) is 5.66. The molecule has 0 radical (unpaired) electrons. The third-order valence-corrected chi connectivity index (χ3v) is 3.82. The van der Waals surface area contributed by atoms with E-state index in [1.54, 1.807) is 37.7 Å². The Balaban J connectivity index is 1.69. The van der Waals surface area contributed by atoms with Crippen molar-refractivity contribution in [2.45, 2.75) is 13.3 Å². The van der Waals surface area contributed by atoms with Gasteiger partial charge in [-0.1, -0.05) is 12.1 Å². The lowest BCUT2D eigenvalue weighted by molar-refractivity contribution is 0.398. The van der Waals surface area contributed by atoms with Crippen molar-refractivity contribution in [2.75, 3.05) is 19.0 Å². The first kappa shape index (κ1) is 16.7.